The molecule has 0 fully saturated rings. The molecule has 7 heteroatoms. The molecular formula is C21H15N3O4. The van der Waals surface area contributed by atoms with Gasteiger partial charge in [0, 0.05) is 35.2 Å². The predicted molar refractivity (Wildman–Crippen MR) is 107 cm³/mol. The lowest BCUT2D eigenvalue weighted by atomic mass is 9.90. The molecule has 4 aromatic rings. The monoisotopic (exact) mass is 373 g/mol. The second kappa shape index (κ2) is 6.70. The smallest absolute Gasteiger partial charge is 0.258 e. The highest BCUT2D eigenvalue weighted by Crippen LogP contribution is 2.40. The van der Waals surface area contributed by atoms with Gasteiger partial charge in [0.15, 0.2) is 0 Å². The number of fused-ring (bicyclic) bond motifs is 3. The molecule has 0 amide bonds. The summed E-state index contributed by atoms with van der Waals surface area (Å²) in [6.07, 6.45) is 2.09. The molecule has 0 saturated carbocycles. The van der Waals surface area contributed by atoms with Crippen molar-refractivity contribution in [1.29, 1.82) is 0 Å². The van der Waals surface area contributed by atoms with Crippen molar-refractivity contribution in [2.24, 2.45) is 0 Å². The lowest BCUT2D eigenvalue weighted by molar-refractivity contribution is -0.384. The Balaban J connectivity index is 2.23. The Morgan fingerprint density at radius 1 is 0.929 bits per heavy atom. The van der Waals surface area contributed by atoms with Crippen molar-refractivity contribution in [2.45, 2.75) is 13.3 Å². The van der Waals surface area contributed by atoms with Crippen LogP contribution in [-0.4, -0.2) is 14.8 Å². The fraction of sp³-hybridized carbons (Fsp3) is 0.0952. The summed E-state index contributed by atoms with van der Waals surface area (Å²) in [5, 5.41) is 24.6. The van der Waals surface area contributed by atoms with E-state index in [0.717, 1.165) is 16.7 Å². The Kier molecular flexibility index (Phi) is 4.19. The molecule has 28 heavy (non-hydrogen) atoms. The van der Waals surface area contributed by atoms with Gasteiger partial charge in [0.25, 0.3) is 11.4 Å². The second-order valence-electron chi connectivity index (χ2n) is 6.40. The predicted octanol–water partition coefficient (Wildman–Crippen LogP) is 5.43. The van der Waals surface area contributed by atoms with Crippen molar-refractivity contribution >= 4 is 33.1 Å². The normalized spacial score (nSPS) is 11.0. The van der Waals surface area contributed by atoms with Crippen LogP contribution in [0.2, 0.25) is 0 Å². The van der Waals surface area contributed by atoms with E-state index in [4.69, 9.17) is 0 Å². The minimum absolute atomic E-state index is 0.0630. The first-order valence-corrected chi connectivity index (χ1v) is 8.73. The molecule has 0 saturated heterocycles. The zero-order valence-electron chi connectivity index (χ0n) is 15.0. The highest BCUT2D eigenvalue weighted by Gasteiger charge is 2.22. The Morgan fingerprint density at radius 3 is 2.32 bits per heavy atom. The second-order valence-corrected chi connectivity index (χ2v) is 6.40. The van der Waals surface area contributed by atoms with Gasteiger partial charge in [-0.2, -0.15) is 0 Å². The van der Waals surface area contributed by atoms with E-state index >= 15 is 0 Å². The van der Waals surface area contributed by atoms with Crippen LogP contribution in [0, 0.1) is 20.2 Å². The molecule has 0 aliphatic rings. The fourth-order valence-electron chi connectivity index (χ4n) is 3.64. The highest BCUT2D eigenvalue weighted by molar-refractivity contribution is 6.13. The van der Waals surface area contributed by atoms with E-state index in [0.29, 0.717) is 28.1 Å². The first-order chi connectivity index (χ1) is 13.5. The van der Waals surface area contributed by atoms with Crippen molar-refractivity contribution in [3.05, 3.63) is 86.6 Å². The van der Waals surface area contributed by atoms with Crippen molar-refractivity contribution in [1.82, 2.24) is 4.98 Å². The van der Waals surface area contributed by atoms with Crippen LogP contribution in [0.25, 0.3) is 32.8 Å². The number of benzene rings is 3. The van der Waals surface area contributed by atoms with Gasteiger partial charge < -0.3 is 0 Å². The molecule has 0 aliphatic heterocycles. The van der Waals surface area contributed by atoms with Gasteiger partial charge in [-0.1, -0.05) is 37.3 Å². The SMILES string of the molecule is CCc1c(-c2ccccc2)cc([N+](=O)[O-])c2cnc3ccc([N+](=O)[O-])cc3c12. The first kappa shape index (κ1) is 17.5. The van der Waals surface area contributed by atoms with Gasteiger partial charge in [0.1, 0.15) is 0 Å². The molecule has 3 aromatic carbocycles. The summed E-state index contributed by atoms with van der Waals surface area (Å²) in [6, 6.07) is 15.4. The molecule has 0 N–H and O–H groups in total. The summed E-state index contributed by atoms with van der Waals surface area (Å²) in [6.45, 7) is 1.97. The zero-order chi connectivity index (χ0) is 19.8. The minimum Gasteiger partial charge on any atom is -0.258 e. The third-order valence-electron chi connectivity index (χ3n) is 4.88. The number of nitro groups is 2. The molecule has 0 unspecified atom stereocenters. The number of rotatable bonds is 4. The Hall–Kier alpha value is -3.87. The summed E-state index contributed by atoms with van der Waals surface area (Å²) in [5.74, 6) is 0. The molecule has 0 spiro atoms. The van der Waals surface area contributed by atoms with Crippen LogP contribution in [0.4, 0.5) is 11.4 Å². The van der Waals surface area contributed by atoms with Crippen LogP contribution in [0.5, 0.6) is 0 Å². The number of non-ortho nitro benzene ring substituents is 2. The summed E-state index contributed by atoms with van der Waals surface area (Å²) < 4.78 is 0. The van der Waals surface area contributed by atoms with Crippen molar-refractivity contribution in [3.8, 4) is 11.1 Å². The summed E-state index contributed by atoms with van der Waals surface area (Å²) in [7, 11) is 0. The highest BCUT2D eigenvalue weighted by atomic mass is 16.6. The topological polar surface area (TPSA) is 99.2 Å². The van der Waals surface area contributed by atoms with Crippen LogP contribution in [-0.2, 0) is 6.42 Å². The standard InChI is InChI=1S/C21H15N3O4/c1-2-15-16(13-6-4-3-5-7-13)11-20(24(27)28)18-12-22-19-9-8-14(23(25)26)10-17(19)21(15)18/h3-12H,2H2,1H3. The van der Waals surface area contributed by atoms with Gasteiger partial charge in [-0.05, 0) is 29.2 Å². The van der Waals surface area contributed by atoms with E-state index in [1.165, 1.54) is 18.3 Å². The average molecular weight is 373 g/mol. The van der Waals surface area contributed by atoms with Crippen LogP contribution in [0.3, 0.4) is 0 Å². The quantitative estimate of drug-likeness (QED) is 0.270. The number of hydrogen-bond donors (Lipinski definition) is 0. The first-order valence-electron chi connectivity index (χ1n) is 8.73. The van der Waals surface area contributed by atoms with Crippen molar-refractivity contribution in [3.63, 3.8) is 0 Å². The van der Waals surface area contributed by atoms with E-state index in [9.17, 15) is 20.2 Å². The number of aromatic nitrogens is 1. The maximum absolute atomic E-state index is 11.8. The van der Waals surface area contributed by atoms with Gasteiger partial charge in [0.05, 0.1) is 20.7 Å². The molecule has 0 bridgehead atoms. The molecule has 0 aliphatic carbocycles. The van der Waals surface area contributed by atoms with E-state index < -0.39 is 9.85 Å². The number of nitrogens with zero attached hydrogens (tertiary/aromatic N) is 3. The Morgan fingerprint density at radius 2 is 1.68 bits per heavy atom. The van der Waals surface area contributed by atoms with E-state index in [1.54, 1.807) is 12.1 Å². The van der Waals surface area contributed by atoms with Gasteiger partial charge in [-0.25, -0.2) is 0 Å². The summed E-state index contributed by atoms with van der Waals surface area (Å²) >= 11 is 0. The maximum Gasteiger partial charge on any atom is 0.279 e. The summed E-state index contributed by atoms with van der Waals surface area (Å²) in [4.78, 5) is 26.5. The van der Waals surface area contributed by atoms with E-state index in [1.807, 2.05) is 37.3 Å². The molecule has 1 aromatic heterocycles. The molecule has 138 valence electrons. The van der Waals surface area contributed by atoms with Gasteiger partial charge >= 0.3 is 0 Å². The lowest BCUT2D eigenvalue weighted by Crippen LogP contribution is -1.98. The fourth-order valence-corrected chi connectivity index (χ4v) is 3.64. The Labute approximate surface area is 159 Å². The van der Waals surface area contributed by atoms with Gasteiger partial charge in [-0.15, -0.1) is 0 Å². The van der Waals surface area contributed by atoms with Crippen LogP contribution in [0.15, 0.2) is 60.8 Å². The number of hydrogen-bond acceptors (Lipinski definition) is 5. The molecule has 0 radical (unpaired) electrons. The third kappa shape index (κ3) is 2.73. The van der Waals surface area contributed by atoms with Crippen LogP contribution < -0.4 is 0 Å². The number of nitro benzene ring substituents is 2. The molecule has 1 heterocycles. The zero-order valence-corrected chi connectivity index (χ0v) is 15.0. The number of pyridine rings is 1. The van der Waals surface area contributed by atoms with Gasteiger partial charge in [0.2, 0.25) is 0 Å². The minimum atomic E-state index is -0.473. The molecular weight excluding hydrogens is 358 g/mol. The van der Waals surface area contributed by atoms with Gasteiger partial charge in [-0.3, -0.25) is 25.2 Å². The molecule has 0 atom stereocenters. The van der Waals surface area contributed by atoms with Crippen LogP contribution in [0.1, 0.15) is 12.5 Å². The lowest BCUT2D eigenvalue weighted by Gasteiger charge is -2.14. The molecule has 7 nitrogen and oxygen atoms in total. The van der Waals surface area contributed by atoms with Crippen LogP contribution >= 0.6 is 0 Å². The number of aryl methyl sites for hydroxylation is 1. The largest absolute Gasteiger partial charge is 0.279 e. The third-order valence-corrected chi connectivity index (χ3v) is 4.88. The van der Waals surface area contributed by atoms with Crippen molar-refractivity contribution < 1.29 is 9.85 Å². The molecule has 4 rings (SSSR count). The van der Waals surface area contributed by atoms with E-state index in [-0.39, 0.29) is 11.4 Å². The average Bonchev–Trinajstić information content (AvgIpc) is 2.72. The summed E-state index contributed by atoms with van der Waals surface area (Å²) in [5.41, 5.74) is 2.94. The van der Waals surface area contributed by atoms with Crippen molar-refractivity contribution in [2.75, 3.05) is 0 Å². The maximum atomic E-state index is 11.8. The Bertz CT molecular complexity index is 1250. The van der Waals surface area contributed by atoms with E-state index in [2.05, 4.69) is 4.98 Å².